The number of hydrogen-bond acceptors (Lipinski definition) is 4. The van der Waals surface area contributed by atoms with Crippen LogP contribution in [0.25, 0.3) is 5.65 Å². The fourth-order valence-electron chi connectivity index (χ4n) is 3.69. The number of pyridine rings is 1. The van der Waals surface area contributed by atoms with Crippen molar-refractivity contribution in [2.45, 2.75) is 25.8 Å². The third-order valence-corrected chi connectivity index (χ3v) is 5.07. The van der Waals surface area contributed by atoms with Gasteiger partial charge in [-0.3, -0.25) is 14.0 Å². The molecule has 1 aromatic carbocycles. The lowest BCUT2D eigenvalue weighted by atomic mass is 10.0. The predicted octanol–water partition coefficient (Wildman–Crippen LogP) is 2.99. The summed E-state index contributed by atoms with van der Waals surface area (Å²) in [6.07, 6.45) is 4.87. The van der Waals surface area contributed by atoms with E-state index in [0.29, 0.717) is 12.2 Å². The second kappa shape index (κ2) is 6.87. The molecule has 3 aromatic rings. The SMILES string of the molecule is COc1cccc(C2CCCN2C(=O)c2cnc3ccc(C)cn3c2=O)c1. The summed E-state index contributed by atoms with van der Waals surface area (Å²) < 4.78 is 6.75. The minimum absolute atomic E-state index is 0.0646. The van der Waals surface area contributed by atoms with E-state index in [1.165, 1.54) is 10.6 Å². The van der Waals surface area contributed by atoms with E-state index in [2.05, 4.69) is 4.98 Å². The molecular weight excluding hydrogens is 342 g/mol. The minimum atomic E-state index is -0.329. The quantitative estimate of drug-likeness (QED) is 0.718. The summed E-state index contributed by atoms with van der Waals surface area (Å²) in [4.78, 5) is 32.1. The number of fused-ring (bicyclic) bond motifs is 1. The van der Waals surface area contributed by atoms with Gasteiger partial charge in [0.1, 0.15) is 17.0 Å². The number of amides is 1. The average molecular weight is 363 g/mol. The third-order valence-electron chi connectivity index (χ3n) is 5.07. The van der Waals surface area contributed by atoms with Gasteiger partial charge in [0.2, 0.25) is 0 Å². The summed E-state index contributed by atoms with van der Waals surface area (Å²) in [6.45, 7) is 2.52. The van der Waals surface area contributed by atoms with Crippen molar-refractivity contribution >= 4 is 11.6 Å². The van der Waals surface area contributed by atoms with Gasteiger partial charge in [-0.2, -0.15) is 0 Å². The van der Waals surface area contributed by atoms with E-state index in [-0.39, 0.29) is 23.1 Å². The second-order valence-electron chi connectivity index (χ2n) is 6.84. The molecule has 4 rings (SSSR count). The molecule has 0 bridgehead atoms. The van der Waals surface area contributed by atoms with Crippen LogP contribution < -0.4 is 10.3 Å². The Bertz CT molecular complexity index is 1070. The van der Waals surface area contributed by atoms with Gasteiger partial charge in [-0.15, -0.1) is 0 Å². The maximum Gasteiger partial charge on any atom is 0.270 e. The van der Waals surface area contributed by atoms with E-state index in [0.717, 1.165) is 29.7 Å². The molecule has 6 nitrogen and oxygen atoms in total. The molecular formula is C21H21N3O3. The molecule has 27 heavy (non-hydrogen) atoms. The highest BCUT2D eigenvalue weighted by atomic mass is 16.5. The normalized spacial score (nSPS) is 16.7. The number of nitrogens with zero attached hydrogens (tertiary/aromatic N) is 3. The maximum atomic E-state index is 13.2. The highest BCUT2D eigenvalue weighted by molar-refractivity contribution is 5.94. The maximum absolute atomic E-state index is 13.2. The topological polar surface area (TPSA) is 63.9 Å². The average Bonchev–Trinajstić information content (AvgIpc) is 3.18. The van der Waals surface area contributed by atoms with Gasteiger partial charge in [-0.25, -0.2) is 4.98 Å². The third kappa shape index (κ3) is 3.07. The molecule has 1 atom stereocenters. The van der Waals surface area contributed by atoms with Crippen molar-refractivity contribution in [2.75, 3.05) is 13.7 Å². The van der Waals surface area contributed by atoms with Crippen molar-refractivity contribution in [2.24, 2.45) is 0 Å². The molecule has 138 valence electrons. The highest BCUT2D eigenvalue weighted by Gasteiger charge is 2.32. The van der Waals surface area contributed by atoms with Crippen LogP contribution in [0.15, 0.2) is 53.6 Å². The van der Waals surface area contributed by atoms with Gasteiger partial charge in [0.05, 0.1) is 13.2 Å². The number of likely N-dealkylation sites (tertiary alicyclic amines) is 1. The van der Waals surface area contributed by atoms with Crippen LogP contribution in [0.2, 0.25) is 0 Å². The Morgan fingerprint density at radius 1 is 1.26 bits per heavy atom. The zero-order valence-electron chi connectivity index (χ0n) is 15.4. The molecule has 0 radical (unpaired) electrons. The lowest BCUT2D eigenvalue weighted by Gasteiger charge is -2.25. The van der Waals surface area contributed by atoms with E-state index in [1.807, 2.05) is 37.3 Å². The monoisotopic (exact) mass is 363 g/mol. The molecule has 1 aliphatic heterocycles. The van der Waals surface area contributed by atoms with E-state index in [4.69, 9.17) is 4.74 Å². The van der Waals surface area contributed by atoms with Gasteiger partial charge in [-0.05, 0) is 49.1 Å². The van der Waals surface area contributed by atoms with Crippen LogP contribution >= 0.6 is 0 Å². The molecule has 0 aliphatic carbocycles. The summed E-state index contributed by atoms with van der Waals surface area (Å²) in [7, 11) is 1.63. The van der Waals surface area contributed by atoms with Crippen molar-refractivity contribution in [3.8, 4) is 5.75 Å². The molecule has 1 aliphatic rings. The van der Waals surface area contributed by atoms with Crippen molar-refractivity contribution < 1.29 is 9.53 Å². The van der Waals surface area contributed by atoms with Gasteiger partial charge in [0.25, 0.3) is 11.5 Å². The Morgan fingerprint density at radius 3 is 2.93 bits per heavy atom. The fourth-order valence-corrected chi connectivity index (χ4v) is 3.69. The number of ether oxygens (including phenoxy) is 1. The van der Waals surface area contributed by atoms with Crippen LogP contribution in [-0.4, -0.2) is 33.8 Å². The summed E-state index contributed by atoms with van der Waals surface area (Å²) in [5.74, 6) is 0.489. The molecule has 3 heterocycles. The van der Waals surface area contributed by atoms with Gasteiger partial charge in [0.15, 0.2) is 0 Å². The number of hydrogen-bond donors (Lipinski definition) is 0. The number of rotatable bonds is 3. The fraction of sp³-hybridized carbons (Fsp3) is 0.286. The van der Waals surface area contributed by atoms with Crippen LogP contribution in [0.5, 0.6) is 5.75 Å². The molecule has 0 saturated carbocycles. The number of aromatic nitrogens is 2. The summed E-state index contributed by atoms with van der Waals surface area (Å²) >= 11 is 0. The molecule has 1 saturated heterocycles. The largest absolute Gasteiger partial charge is 0.497 e. The Balaban J connectivity index is 1.72. The van der Waals surface area contributed by atoms with Crippen molar-refractivity contribution in [1.82, 2.24) is 14.3 Å². The van der Waals surface area contributed by atoms with E-state index in [9.17, 15) is 9.59 Å². The Hall–Kier alpha value is -3.15. The molecule has 1 fully saturated rings. The van der Waals surface area contributed by atoms with Crippen LogP contribution in [0.1, 0.15) is 40.4 Å². The van der Waals surface area contributed by atoms with Crippen molar-refractivity contribution in [3.05, 3.63) is 75.8 Å². The minimum Gasteiger partial charge on any atom is -0.497 e. The smallest absolute Gasteiger partial charge is 0.270 e. The van der Waals surface area contributed by atoms with Gasteiger partial charge < -0.3 is 9.64 Å². The van der Waals surface area contributed by atoms with Crippen molar-refractivity contribution in [1.29, 1.82) is 0 Å². The number of aryl methyl sites for hydroxylation is 1. The molecule has 0 spiro atoms. The number of carbonyl (C=O) groups excluding carboxylic acids is 1. The lowest BCUT2D eigenvalue weighted by molar-refractivity contribution is 0.0733. The molecule has 2 aromatic heterocycles. The first-order valence-electron chi connectivity index (χ1n) is 9.01. The summed E-state index contributed by atoms with van der Waals surface area (Å²) in [6, 6.07) is 11.4. The number of methoxy groups -OCH3 is 1. The molecule has 0 N–H and O–H groups in total. The van der Waals surface area contributed by atoms with Crippen LogP contribution in [0.3, 0.4) is 0 Å². The molecule has 1 unspecified atom stereocenters. The number of benzene rings is 1. The first-order chi connectivity index (χ1) is 13.1. The van der Waals surface area contributed by atoms with Gasteiger partial charge in [-0.1, -0.05) is 18.2 Å². The van der Waals surface area contributed by atoms with Crippen molar-refractivity contribution in [3.63, 3.8) is 0 Å². The number of carbonyl (C=O) groups is 1. The summed E-state index contributed by atoms with van der Waals surface area (Å²) in [5.41, 5.74) is 2.27. The van der Waals surface area contributed by atoms with Gasteiger partial charge in [0, 0.05) is 18.9 Å². The Kier molecular flexibility index (Phi) is 4.39. The van der Waals surface area contributed by atoms with E-state index >= 15 is 0 Å². The van der Waals surface area contributed by atoms with Gasteiger partial charge >= 0.3 is 0 Å². The summed E-state index contributed by atoms with van der Waals surface area (Å²) in [5, 5.41) is 0. The molecule has 6 heteroatoms. The standard InChI is InChI=1S/C21H21N3O3/c1-14-8-9-19-22-12-17(21(26)24(19)13-14)20(25)23-10-4-7-18(23)15-5-3-6-16(11-15)27-2/h3,5-6,8-9,11-13,18H,4,7,10H2,1-2H3. The van der Waals surface area contributed by atoms with E-state index < -0.39 is 0 Å². The first kappa shape index (κ1) is 17.3. The Labute approximate surface area is 157 Å². The zero-order chi connectivity index (χ0) is 19.0. The predicted molar refractivity (Wildman–Crippen MR) is 102 cm³/mol. The van der Waals surface area contributed by atoms with Crippen LogP contribution in [-0.2, 0) is 0 Å². The second-order valence-corrected chi connectivity index (χ2v) is 6.84. The van der Waals surface area contributed by atoms with E-state index in [1.54, 1.807) is 24.3 Å². The first-order valence-corrected chi connectivity index (χ1v) is 9.01. The molecule has 1 amide bonds. The van der Waals surface area contributed by atoms with Crippen LogP contribution in [0, 0.1) is 6.92 Å². The lowest BCUT2D eigenvalue weighted by Crippen LogP contribution is -2.35. The Morgan fingerprint density at radius 2 is 2.11 bits per heavy atom. The van der Waals surface area contributed by atoms with Crippen LogP contribution in [0.4, 0.5) is 0 Å². The highest BCUT2D eigenvalue weighted by Crippen LogP contribution is 2.34. The zero-order valence-corrected chi connectivity index (χ0v) is 15.4.